The number of aryl methyl sites for hydroxylation is 2. The summed E-state index contributed by atoms with van der Waals surface area (Å²) in [5.41, 5.74) is 2.79. The fourth-order valence-corrected chi connectivity index (χ4v) is 4.72. The summed E-state index contributed by atoms with van der Waals surface area (Å²) in [6, 6.07) is 9.07. The van der Waals surface area contributed by atoms with Crippen LogP contribution in [0, 0.1) is 13.8 Å². The van der Waals surface area contributed by atoms with Gasteiger partial charge in [-0.25, -0.2) is 9.97 Å². The number of carbonyl (C=O) groups excluding carboxylic acids is 2. The summed E-state index contributed by atoms with van der Waals surface area (Å²) in [5.74, 6) is -2.02. The Kier molecular flexibility index (Phi) is 4.56. The minimum atomic E-state index is -0.960. The normalized spacial score (nSPS) is 18.1. The molecule has 0 aliphatic carbocycles. The van der Waals surface area contributed by atoms with Crippen molar-refractivity contribution in [1.82, 2.24) is 14.4 Å². The van der Waals surface area contributed by atoms with E-state index in [0.29, 0.717) is 22.0 Å². The fraction of sp³-hybridized carbons (Fsp3) is 0.130. The van der Waals surface area contributed by atoms with E-state index in [1.807, 2.05) is 29.7 Å². The molecule has 32 heavy (non-hydrogen) atoms. The van der Waals surface area contributed by atoms with E-state index in [-0.39, 0.29) is 22.8 Å². The van der Waals surface area contributed by atoms with E-state index < -0.39 is 17.7 Å². The standard InChI is InChI=1S/C23H18N4O4S/c1-12-5-4-9-26-13(2)17(25-21(12)26)19(29)16-18(14-6-3-7-15(28)11-14)27(22(31)20(16)30)23-24-8-10-32-23/h3-11,18,28-29H,1-2H3/b19-16+. The van der Waals surface area contributed by atoms with Crippen LogP contribution in [0.4, 0.5) is 5.13 Å². The third-order valence-corrected chi connectivity index (χ3v) is 6.33. The molecular weight excluding hydrogens is 428 g/mol. The molecule has 0 bridgehead atoms. The Bertz CT molecular complexity index is 1420. The van der Waals surface area contributed by atoms with Crippen LogP contribution >= 0.6 is 11.3 Å². The Morgan fingerprint density at radius 2 is 1.97 bits per heavy atom. The number of phenolic OH excluding ortho intramolecular Hbond substituents is 1. The zero-order chi connectivity index (χ0) is 22.6. The van der Waals surface area contributed by atoms with Crippen molar-refractivity contribution in [1.29, 1.82) is 0 Å². The highest BCUT2D eigenvalue weighted by molar-refractivity contribution is 7.14. The summed E-state index contributed by atoms with van der Waals surface area (Å²) in [6.45, 7) is 3.69. The van der Waals surface area contributed by atoms with E-state index in [1.165, 1.54) is 34.6 Å². The summed E-state index contributed by atoms with van der Waals surface area (Å²) >= 11 is 1.20. The number of aliphatic hydroxyl groups is 1. The van der Waals surface area contributed by atoms with Crippen LogP contribution in [0.2, 0.25) is 0 Å². The molecule has 5 rings (SSSR count). The molecule has 1 aliphatic heterocycles. The Labute approximate surface area is 186 Å². The molecule has 1 atom stereocenters. The Morgan fingerprint density at radius 1 is 1.16 bits per heavy atom. The topological polar surface area (TPSA) is 108 Å². The van der Waals surface area contributed by atoms with E-state index in [4.69, 9.17) is 0 Å². The van der Waals surface area contributed by atoms with Gasteiger partial charge in [-0.15, -0.1) is 11.3 Å². The number of aromatic hydroxyl groups is 1. The van der Waals surface area contributed by atoms with E-state index >= 15 is 0 Å². The van der Waals surface area contributed by atoms with Gasteiger partial charge in [-0.2, -0.15) is 0 Å². The molecule has 4 heterocycles. The second kappa shape index (κ2) is 7.31. The molecule has 4 aromatic rings. The quantitative estimate of drug-likeness (QED) is 0.282. The van der Waals surface area contributed by atoms with Crippen LogP contribution in [0.3, 0.4) is 0 Å². The van der Waals surface area contributed by atoms with Gasteiger partial charge in [0.25, 0.3) is 5.78 Å². The smallest absolute Gasteiger partial charge is 0.301 e. The number of hydrogen-bond donors (Lipinski definition) is 2. The van der Waals surface area contributed by atoms with Crippen LogP contribution in [0.1, 0.15) is 28.6 Å². The number of pyridine rings is 1. The van der Waals surface area contributed by atoms with Gasteiger partial charge in [0.15, 0.2) is 10.9 Å². The van der Waals surface area contributed by atoms with Crippen molar-refractivity contribution < 1.29 is 19.8 Å². The maximum Gasteiger partial charge on any atom is 0.301 e. The molecular formula is C23H18N4O4S. The summed E-state index contributed by atoms with van der Waals surface area (Å²) < 4.78 is 1.82. The highest BCUT2D eigenvalue weighted by atomic mass is 32.1. The van der Waals surface area contributed by atoms with Gasteiger partial charge in [0.05, 0.1) is 17.3 Å². The molecule has 8 nitrogen and oxygen atoms in total. The van der Waals surface area contributed by atoms with E-state index in [0.717, 1.165) is 5.56 Å². The molecule has 0 spiro atoms. The molecule has 1 fully saturated rings. The van der Waals surface area contributed by atoms with Crippen LogP contribution in [-0.2, 0) is 9.59 Å². The van der Waals surface area contributed by atoms with Crippen LogP contribution in [0.15, 0.2) is 59.7 Å². The first kappa shape index (κ1) is 20.0. The molecule has 1 aromatic carbocycles. The number of fused-ring (bicyclic) bond motifs is 1. The minimum absolute atomic E-state index is 0.0215. The number of aliphatic hydroxyl groups excluding tert-OH is 1. The zero-order valence-electron chi connectivity index (χ0n) is 17.2. The molecule has 2 N–H and O–H groups in total. The number of nitrogens with zero attached hydrogens (tertiary/aromatic N) is 4. The van der Waals surface area contributed by atoms with E-state index in [9.17, 15) is 19.8 Å². The molecule has 160 valence electrons. The van der Waals surface area contributed by atoms with Crippen LogP contribution in [-0.4, -0.2) is 36.3 Å². The zero-order valence-corrected chi connectivity index (χ0v) is 18.0. The van der Waals surface area contributed by atoms with Crippen LogP contribution in [0.5, 0.6) is 5.75 Å². The molecule has 1 amide bonds. The Balaban J connectivity index is 1.78. The molecule has 3 aromatic heterocycles. The number of aromatic nitrogens is 3. The summed E-state index contributed by atoms with van der Waals surface area (Å²) in [5, 5.41) is 23.4. The highest BCUT2D eigenvalue weighted by Gasteiger charge is 2.48. The number of rotatable bonds is 3. The maximum atomic E-state index is 13.2. The molecule has 0 saturated carbocycles. The average Bonchev–Trinajstić information content (AvgIpc) is 3.47. The second-order valence-electron chi connectivity index (χ2n) is 7.51. The third kappa shape index (κ3) is 2.89. The van der Waals surface area contributed by atoms with Crippen molar-refractivity contribution in [3.63, 3.8) is 0 Å². The van der Waals surface area contributed by atoms with Crippen LogP contribution < -0.4 is 4.90 Å². The first-order valence-electron chi connectivity index (χ1n) is 9.82. The lowest BCUT2D eigenvalue weighted by Gasteiger charge is -2.22. The van der Waals surface area contributed by atoms with Crippen molar-refractivity contribution in [2.45, 2.75) is 19.9 Å². The van der Waals surface area contributed by atoms with Gasteiger partial charge in [-0.3, -0.25) is 14.5 Å². The predicted octanol–water partition coefficient (Wildman–Crippen LogP) is 3.74. The number of carbonyl (C=O) groups is 2. The summed E-state index contributed by atoms with van der Waals surface area (Å²) in [6.07, 6.45) is 3.36. The fourth-order valence-electron chi connectivity index (χ4n) is 4.05. The van der Waals surface area contributed by atoms with Gasteiger partial charge < -0.3 is 14.6 Å². The number of phenols is 1. The first-order chi connectivity index (χ1) is 15.4. The number of amides is 1. The lowest BCUT2D eigenvalue weighted by atomic mass is 9.96. The Morgan fingerprint density at radius 3 is 2.66 bits per heavy atom. The lowest BCUT2D eigenvalue weighted by molar-refractivity contribution is -0.132. The van der Waals surface area contributed by atoms with E-state index in [1.54, 1.807) is 24.4 Å². The molecule has 9 heteroatoms. The Hall–Kier alpha value is -3.98. The molecule has 1 aliphatic rings. The van der Waals surface area contributed by atoms with Gasteiger partial charge in [-0.05, 0) is 43.2 Å². The molecule has 1 saturated heterocycles. The number of hydrogen-bond acceptors (Lipinski definition) is 7. The number of thiazole rings is 1. The SMILES string of the molecule is Cc1cccn2c(C)c(/C(O)=C3\C(=O)C(=O)N(c4nccs4)C3c3cccc(O)c3)nc12. The number of anilines is 1. The minimum Gasteiger partial charge on any atom is -0.508 e. The molecule has 1 unspecified atom stereocenters. The second-order valence-corrected chi connectivity index (χ2v) is 8.38. The van der Waals surface area contributed by atoms with Crippen molar-refractivity contribution >= 4 is 39.6 Å². The monoisotopic (exact) mass is 446 g/mol. The van der Waals surface area contributed by atoms with Crippen molar-refractivity contribution in [3.8, 4) is 5.75 Å². The van der Waals surface area contributed by atoms with E-state index in [2.05, 4.69) is 9.97 Å². The largest absolute Gasteiger partial charge is 0.508 e. The van der Waals surface area contributed by atoms with Crippen LogP contribution in [0.25, 0.3) is 11.4 Å². The third-order valence-electron chi connectivity index (χ3n) is 5.56. The number of benzene rings is 1. The first-order valence-corrected chi connectivity index (χ1v) is 10.7. The maximum absolute atomic E-state index is 13.2. The number of ketones is 1. The van der Waals surface area contributed by atoms with Gasteiger partial charge in [0.1, 0.15) is 17.1 Å². The lowest BCUT2D eigenvalue weighted by Crippen LogP contribution is -2.29. The molecule has 0 radical (unpaired) electrons. The van der Waals surface area contributed by atoms with Gasteiger partial charge >= 0.3 is 5.91 Å². The highest BCUT2D eigenvalue weighted by Crippen LogP contribution is 2.43. The average molecular weight is 446 g/mol. The van der Waals surface area contributed by atoms with Gasteiger partial charge in [0, 0.05) is 17.8 Å². The van der Waals surface area contributed by atoms with Crippen molar-refractivity contribution in [3.05, 3.63) is 82.3 Å². The predicted molar refractivity (Wildman–Crippen MR) is 120 cm³/mol. The number of Topliss-reactive ketones (excluding diaryl/α,β-unsaturated/α-hetero) is 1. The van der Waals surface area contributed by atoms with Gasteiger partial charge in [0.2, 0.25) is 0 Å². The summed E-state index contributed by atoms with van der Waals surface area (Å²) in [4.78, 5) is 36.2. The number of imidazole rings is 1. The summed E-state index contributed by atoms with van der Waals surface area (Å²) in [7, 11) is 0. The van der Waals surface area contributed by atoms with Crippen molar-refractivity contribution in [2.24, 2.45) is 0 Å². The van der Waals surface area contributed by atoms with Crippen molar-refractivity contribution in [2.75, 3.05) is 4.90 Å². The van der Waals surface area contributed by atoms with Gasteiger partial charge in [-0.1, -0.05) is 18.2 Å².